The molecule has 2 heterocycles. The molecule has 1 aromatic carbocycles. The van der Waals surface area contributed by atoms with Crippen LogP contribution in [0.3, 0.4) is 0 Å². The molecule has 9 heteroatoms. The smallest absolute Gasteiger partial charge is 0.387 e. The van der Waals surface area contributed by atoms with Crippen LogP contribution < -0.4 is 4.74 Å². The van der Waals surface area contributed by atoms with Crippen LogP contribution in [0.25, 0.3) is 11.5 Å². The number of benzene rings is 1. The van der Waals surface area contributed by atoms with E-state index in [9.17, 15) is 13.6 Å². The molecule has 0 bridgehead atoms. The van der Waals surface area contributed by atoms with Crippen molar-refractivity contribution in [1.29, 1.82) is 0 Å². The van der Waals surface area contributed by atoms with Crippen molar-refractivity contribution in [2.45, 2.75) is 44.3 Å². The monoisotopic (exact) mass is 411 g/mol. The molecule has 0 N–H and O–H groups in total. The number of thioether (sulfide) groups is 1. The van der Waals surface area contributed by atoms with Crippen molar-refractivity contribution in [1.82, 2.24) is 15.1 Å². The highest BCUT2D eigenvalue weighted by Gasteiger charge is 2.29. The largest absolute Gasteiger partial charge is 0.435 e. The third-order valence-corrected chi connectivity index (χ3v) is 5.46. The van der Waals surface area contributed by atoms with Crippen LogP contribution in [0, 0.1) is 11.8 Å². The van der Waals surface area contributed by atoms with Gasteiger partial charge in [0.25, 0.3) is 5.22 Å². The second-order valence-corrected chi connectivity index (χ2v) is 8.52. The predicted molar refractivity (Wildman–Crippen MR) is 101 cm³/mol. The number of carbonyl (C=O) groups excluding carboxylic acids is 1. The third kappa shape index (κ3) is 5.21. The van der Waals surface area contributed by atoms with Gasteiger partial charge < -0.3 is 14.1 Å². The normalized spacial score (nSPS) is 21.0. The summed E-state index contributed by atoms with van der Waals surface area (Å²) in [7, 11) is 0. The highest BCUT2D eigenvalue weighted by atomic mass is 32.2. The minimum Gasteiger partial charge on any atom is -0.435 e. The van der Waals surface area contributed by atoms with E-state index in [1.165, 1.54) is 23.9 Å². The summed E-state index contributed by atoms with van der Waals surface area (Å²) in [5, 5.41) is 7.91. The van der Waals surface area contributed by atoms with E-state index in [-0.39, 0.29) is 22.8 Å². The van der Waals surface area contributed by atoms with Crippen LogP contribution >= 0.6 is 11.8 Å². The standard InChI is InChI=1S/C19H23F2N3O3S/c1-11-8-12(2)10-24(9-11)17(25)13(3)28-19-23-22-16(27-19)14-4-6-15(7-5-14)26-18(20)21/h4-7,11-13,18H,8-10H2,1-3H3. The van der Waals surface area contributed by atoms with E-state index in [1.54, 1.807) is 12.1 Å². The van der Waals surface area contributed by atoms with Crippen LogP contribution in [-0.2, 0) is 4.79 Å². The van der Waals surface area contributed by atoms with Crippen LogP contribution in [0.1, 0.15) is 27.2 Å². The van der Waals surface area contributed by atoms with Crippen LogP contribution in [0.5, 0.6) is 5.75 Å². The van der Waals surface area contributed by atoms with E-state index in [1.807, 2.05) is 11.8 Å². The lowest BCUT2D eigenvalue weighted by Gasteiger charge is -2.36. The fraction of sp³-hybridized carbons (Fsp3) is 0.526. The van der Waals surface area contributed by atoms with E-state index < -0.39 is 6.61 Å². The van der Waals surface area contributed by atoms with Crippen molar-refractivity contribution < 1.29 is 22.7 Å². The summed E-state index contributed by atoms with van der Waals surface area (Å²) >= 11 is 1.22. The van der Waals surface area contributed by atoms with Gasteiger partial charge in [0, 0.05) is 18.7 Å². The van der Waals surface area contributed by atoms with Gasteiger partial charge in [-0.25, -0.2) is 0 Å². The lowest BCUT2D eigenvalue weighted by atomic mass is 9.92. The lowest BCUT2D eigenvalue weighted by molar-refractivity contribution is -0.133. The molecule has 3 atom stereocenters. The Balaban J connectivity index is 1.61. The number of nitrogens with zero attached hydrogens (tertiary/aromatic N) is 3. The zero-order valence-corrected chi connectivity index (χ0v) is 16.8. The van der Waals surface area contributed by atoms with Gasteiger partial charge in [-0.05, 0) is 49.4 Å². The number of hydrogen-bond donors (Lipinski definition) is 0. The van der Waals surface area contributed by atoms with Gasteiger partial charge in [0.15, 0.2) is 0 Å². The van der Waals surface area contributed by atoms with Gasteiger partial charge in [0.05, 0.1) is 5.25 Å². The van der Waals surface area contributed by atoms with Crippen LogP contribution in [0.2, 0.25) is 0 Å². The highest BCUT2D eigenvalue weighted by Crippen LogP contribution is 2.29. The molecule has 1 amide bonds. The topological polar surface area (TPSA) is 68.5 Å². The molecule has 1 aromatic heterocycles. The minimum atomic E-state index is -2.87. The Labute approximate surface area is 166 Å². The molecule has 3 rings (SSSR count). The maximum atomic E-state index is 12.7. The van der Waals surface area contributed by atoms with Crippen molar-refractivity contribution >= 4 is 17.7 Å². The second kappa shape index (κ2) is 8.89. The Morgan fingerprint density at radius 1 is 1.21 bits per heavy atom. The molecule has 0 aliphatic carbocycles. The predicted octanol–water partition coefficient (Wildman–Crippen LogP) is 4.32. The van der Waals surface area contributed by atoms with Crippen LogP contribution in [0.15, 0.2) is 33.9 Å². The van der Waals surface area contributed by atoms with E-state index in [4.69, 9.17) is 4.42 Å². The van der Waals surface area contributed by atoms with Crippen molar-refractivity contribution in [2.24, 2.45) is 11.8 Å². The Bertz CT molecular complexity index is 790. The summed E-state index contributed by atoms with van der Waals surface area (Å²) in [5.74, 6) is 1.37. The fourth-order valence-corrected chi connectivity index (χ4v) is 4.22. The van der Waals surface area contributed by atoms with Gasteiger partial charge in [-0.2, -0.15) is 8.78 Å². The average Bonchev–Trinajstić information content (AvgIpc) is 3.08. The molecule has 28 heavy (non-hydrogen) atoms. The van der Waals surface area contributed by atoms with Crippen molar-refractivity contribution in [3.8, 4) is 17.2 Å². The first-order valence-corrected chi connectivity index (χ1v) is 10.0. The molecule has 1 fully saturated rings. The SMILES string of the molecule is CC1CC(C)CN(C(=O)C(C)Sc2nnc(-c3ccc(OC(F)F)cc3)o2)C1. The quantitative estimate of drug-likeness (QED) is 0.660. The number of halogens is 2. The van der Waals surface area contributed by atoms with Gasteiger partial charge in [-0.3, -0.25) is 4.79 Å². The van der Waals surface area contributed by atoms with Crippen LogP contribution in [0.4, 0.5) is 8.78 Å². The highest BCUT2D eigenvalue weighted by molar-refractivity contribution is 8.00. The number of amides is 1. The van der Waals surface area contributed by atoms with Gasteiger partial charge in [-0.15, -0.1) is 10.2 Å². The zero-order valence-electron chi connectivity index (χ0n) is 16.0. The Hall–Kier alpha value is -2.16. The Morgan fingerprint density at radius 2 is 1.86 bits per heavy atom. The van der Waals surface area contributed by atoms with E-state index >= 15 is 0 Å². The molecule has 3 unspecified atom stereocenters. The maximum absolute atomic E-state index is 12.7. The van der Waals surface area contributed by atoms with Gasteiger partial charge in [0.2, 0.25) is 11.8 Å². The number of ether oxygens (including phenoxy) is 1. The summed E-state index contributed by atoms with van der Waals surface area (Å²) in [6.07, 6.45) is 1.14. The Kier molecular flexibility index (Phi) is 6.53. The van der Waals surface area contributed by atoms with Crippen LogP contribution in [-0.4, -0.2) is 46.0 Å². The molecular weight excluding hydrogens is 388 g/mol. The van der Waals surface area contributed by atoms with E-state index in [0.717, 1.165) is 19.5 Å². The molecule has 152 valence electrons. The molecule has 1 aliphatic heterocycles. The molecule has 1 aliphatic rings. The Morgan fingerprint density at radius 3 is 2.46 bits per heavy atom. The average molecular weight is 411 g/mol. The fourth-order valence-electron chi connectivity index (χ4n) is 3.45. The summed E-state index contributed by atoms with van der Waals surface area (Å²) in [6.45, 7) is 4.83. The first-order valence-electron chi connectivity index (χ1n) is 9.16. The molecule has 0 saturated carbocycles. The molecule has 0 spiro atoms. The first kappa shape index (κ1) is 20.6. The summed E-state index contributed by atoms with van der Waals surface area (Å²) in [5.41, 5.74) is 0.582. The van der Waals surface area contributed by atoms with Gasteiger partial charge in [-0.1, -0.05) is 25.6 Å². The number of alkyl halides is 2. The van der Waals surface area contributed by atoms with E-state index in [2.05, 4.69) is 28.8 Å². The third-order valence-electron chi connectivity index (χ3n) is 4.54. The molecule has 2 aromatic rings. The zero-order chi connectivity index (χ0) is 20.3. The number of likely N-dealkylation sites (tertiary alicyclic amines) is 1. The molecule has 1 saturated heterocycles. The summed E-state index contributed by atoms with van der Waals surface area (Å²) in [6, 6.07) is 5.93. The lowest BCUT2D eigenvalue weighted by Crippen LogP contribution is -2.45. The first-order chi connectivity index (χ1) is 13.3. The van der Waals surface area contributed by atoms with Crippen molar-refractivity contribution in [3.05, 3.63) is 24.3 Å². The number of rotatable bonds is 6. The van der Waals surface area contributed by atoms with E-state index in [0.29, 0.717) is 22.6 Å². The van der Waals surface area contributed by atoms with Crippen molar-refractivity contribution in [3.63, 3.8) is 0 Å². The summed E-state index contributed by atoms with van der Waals surface area (Å²) in [4.78, 5) is 14.6. The second-order valence-electron chi connectivity index (χ2n) is 7.23. The molecule has 0 radical (unpaired) electrons. The molecule has 6 nitrogen and oxygen atoms in total. The number of carbonyl (C=O) groups is 1. The van der Waals surface area contributed by atoms with Crippen molar-refractivity contribution in [2.75, 3.05) is 13.1 Å². The summed E-state index contributed by atoms with van der Waals surface area (Å²) < 4.78 is 34.4. The van der Waals surface area contributed by atoms with Gasteiger partial charge >= 0.3 is 6.61 Å². The van der Waals surface area contributed by atoms with Gasteiger partial charge in [0.1, 0.15) is 5.75 Å². The number of piperidine rings is 1. The maximum Gasteiger partial charge on any atom is 0.387 e. The minimum absolute atomic E-state index is 0.0528. The number of hydrogen-bond acceptors (Lipinski definition) is 6. The number of aromatic nitrogens is 2. The molecular formula is C19H23F2N3O3S.